The van der Waals surface area contributed by atoms with Crippen LogP contribution in [0.4, 0.5) is 17.5 Å². The third kappa shape index (κ3) is 3.95. The van der Waals surface area contributed by atoms with Crippen LogP contribution in [0.25, 0.3) is 11.2 Å². The van der Waals surface area contributed by atoms with Gasteiger partial charge in [-0.05, 0) is 43.4 Å². The Bertz CT molecular complexity index is 979. The van der Waals surface area contributed by atoms with Crippen molar-refractivity contribution in [2.75, 3.05) is 16.4 Å². The second-order valence-corrected chi connectivity index (χ2v) is 7.65. The van der Waals surface area contributed by atoms with Crippen LogP contribution in [0.5, 0.6) is 0 Å². The number of aryl methyl sites for hydroxylation is 1. The van der Waals surface area contributed by atoms with E-state index in [1.54, 1.807) is 10.7 Å². The summed E-state index contributed by atoms with van der Waals surface area (Å²) in [5.41, 5.74) is 14.7. The molecular weight excluding hydrogens is 378 g/mol. The molecule has 0 aliphatic heterocycles. The number of hydrogen-bond acceptors (Lipinski definition) is 8. The summed E-state index contributed by atoms with van der Waals surface area (Å²) in [5.74, 6) is 1.19. The normalized spacial score (nSPS) is 19.7. The third-order valence-electron chi connectivity index (χ3n) is 5.08. The first-order chi connectivity index (χ1) is 13.5. The fraction of sp³-hybridized carbons (Fsp3) is 0.444. The second kappa shape index (κ2) is 7.76. The lowest BCUT2D eigenvalue weighted by Crippen LogP contribution is -2.33. The van der Waals surface area contributed by atoms with Gasteiger partial charge in [0.05, 0.1) is 10.7 Å². The van der Waals surface area contributed by atoms with E-state index in [9.17, 15) is 0 Å². The summed E-state index contributed by atoms with van der Waals surface area (Å²) >= 11 is 6.00. The Kier molecular flexibility index (Phi) is 5.19. The number of anilines is 3. The van der Waals surface area contributed by atoms with E-state index in [-0.39, 0.29) is 0 Å². The summed E-state index contributed by atoms with van der Waals surface area (Å²) in [4.78, 5) is 9.24. The van der Waals surface area contributed by atoms with Gasteiger partial charge in [-0.25, -0.2) is 4.68 Å². The first-order valence-corrected chi connectivity index (χ1v) is 9.74. The van der Waals surface area contributed by atoms with Crippen molar-refractivity contribution >= 4 is 40.2 Å². The van der Waals surface area contributed by atoms with Crippen LogP contribution in [0, 0.1) is 0 Å². The fourth-order valence-corrected chi connectivity index (χ4v) is 3.56. The lowest BCUT2D eigenvalue weighted by Gasteiger charge is -2.26. The summed E-state index contributed by atoms with van der Waals surface area (Å²) in [6.07, 6.45) is 4.05. The van der Waals surface area contributed by atoms with Crippen LogP contribution in [0.1, 0.15) is 31.2 Å². The van der Waals surface area contributed by atoms with Crippen LogP contribution < -0.4 is 22.1 Å². The third-order valence-corrected chi connectivity index (χ3v) is 5.42. The highest BCUT2D eigenvalue weighted by molar-refractivity contribution is 6.33. The lowest BCUT2D eigenvalue weighted by molar-refractivity contribution is 0.410. The maximum atomic E-state index is 6.00. The van der Waals surface area contributed by atoms with Crippen molar-refractivity contribution in [3.8, 4) is 0 Å². The monoisotopic (exact) mass is 401 g/mol. The van der Waals surface area contributed by atoms with E-state index in [0.29, 0.717) is 52.3 Å². The van der Waals surface area contributed by atoms with Crippen molar-refractivity contribution in [1.82, 2.24) is 25.0 Å². The Hall–Kier alpha value is -2.65. The molecule has 1 aromatic carbocycles. The summed E-state index contributed by atoms with van der Waals surface area (Å²) in [6.45, 7) is 0.530. The average molecular weight is 402 g/mol. The van der Waals surface area contributed by atoms with Gasteiger partial charge in [-0.3, -0.25) is 0 Å². The van der Waals surface area contributed by atoms with Gasteiger partial charge >= 0.3 is 0 Å². The fourth-order valence-electron chi connectivity index (χ4n) is 3.44. The Morgan fingerprint density at radius 2 is 2.00 bits per heavy atom. The topological polar surface area (TPSA) is 133 Å². The predicted octanol–water partition coefficient (Wildman–Crippen LogP) is 2.29. The van der Waals surface area contributed by atoms with Crippen LogP contribution in [0.15, 0.2) is 18.2 Å². The standard InChI is InChI=1S/C18H24ClN9/c1-28-17-15(26-27-28)16(22-9-10-2-7-13(19)14(21)8-10)24-18(25-17)23-12-5-3-11(20)4-6-12/h2,7-8,11-12H,3-6,9,20-21H2,1H3,(H2,22,23,24,25). The Morgan fingerprint density at radius 3 is 2.75 bits per heavy atom. The van der Waals surface area contributed by atoms with Crippen molar-refractivity contribution in [2.45, 2.75) is 44.3 Å². The number of aromatic nitrogens is 5. The van der Waals surface area contributed by atoms with Crippen molar-refractivity contribution in [2.24, 2.45) is 12.8 Å². The number of halogens is 1. The summed E-state index contributed by atoms with van der Waals surface area (Å²) in [6, 6.07) is 6.17. The molecule has 1 aliphatic rings. The van der Waals surface area contributed by atoms with Gasteiger partial charge in [0.25, 0.3) is 0 Å². The van der Waals surface area contributed by atoms with E-state index >= 15 is 0 Å². The van der Waals surface area contributed by atoms with Crippen LogP contribution in [-0.2, 0) is 13.6 Å². The molecule has 28 heavy (non-hydrogen) atoms. The molecule has 0 saturated heterocycles. The van der Waals surface area contributed by atoms with E-state index in [4.69, 9.17) is 23.1 Å². The predicted molar refractivity (Wildman–Crippen MR) is 111 cm³/mol. The summed E-state index contributed by atoms with van der Waals surface area (Å²) in [7, 11) is 1.81. The highest BCUT2D eigenvalue weighted by Crippen LogP contribution is 2.24. The molecule has 4 rings (SSSR count). The zero-order valence-electron chi connectivity index (χ0n) is 15.7. The maximum absolute atomic E-state index is 6.00. The quantitative estimate of drug-likeness (QED) is 0.478. The molecule has 0 amide bonds. The van der Waals surface area contributed by atoms with E-state index < -0.39 is 0 Å². The maximum Gasteiger partial charge on any atom is 0.227 e. The van der Waals surface area contributed by atoms with E-state index in [1.807, 2.05) is 19.2 Å². The number of fused-ring (bicyclic) bond motifs is 1. The summed E-state index contributed by atoms with van der Waals surface area (Å²) in [5, 5.41) is 15.6. The van der Waals surface area contributed by atoms with Gasteiger partial charge < -0.3 is 22.1 Å². The molecule has 2 heterocycles. The van der Waals surface area contributed by atoms with Crippen molar-refractivity contribution < 1.29 is 0 Å². The largest absolute Gasteiger partial charge is 0.398 e. The van der Waals surface area contributed by atoms with Crippen molar-refractivity contribution in [3.63, 3.8) is 0 Å². The zero-order chi connectivity index (χ0) is 19.7. The minimum absolute atomic E-state index is 0.298. The Labute approximate surface area is 167 Å². The molecule has 1 aliphatic carbocycles. The summed E-state index contributed by atoms with van der Waals surface area (Å²) < 4.78 is 1.64. The first-order valence-electron chi connectivity index (χ1n) is 9.37. The van der Waals surface area contributed by atoms with Crippen LogP contribution in [0.2, 0.25) is 5.02 Å². The van der Waals surface area contributed by atoms with E-state index in [1.165, 1.54) is 0 Å². The van der Waals surface area contributed by atoms with Crippen LogP contribution in [-0.4, -0.2) is 37.0 Å². The minimum Gasteiger partial charge on any atom is -0.398 e. The molecule has 0 unspecified atom stereocenters. The lowest BCUT2D eigenvalue weighted by atomic mass is 9.92. The van der Waals surface area contributed by atoms with Crippen molar-refractivity contribution in [1.29, 1.82) is 0 Å². The number of nitrogens with one attached hydrogen (secondary N) is 2. The molecule has 0 radical (unpaired) electrons. The van der Waals surface area contributed by atoms with Crippen LogP contribution in [0.3, 0.4) is 0 Å². The van der Waals surface area contributed by atoms with Gasteiger partial charge in [-0.15, -0.1) is 5.10 Å². The Balaban J connectivity index is 1.56. The molecule has 10 heteroatoms. The first kappa shape index (κ1) is 18.7. The number of rotatable bonds is 5. The van der Waals surface area contributed by atoms with Gasteiger partial charge in [0.1, 0.15) is 0 Å². The second-order valence-electron chi connectivity index (χ2n) is 7.25. The molecule has 3 aromatic rings. The van der Waals surface area contributed by atoms with Gasteiger partial charge in [-0.2, -0.15) is 9.97 Å². The number of benzene rings is 1. The molecular formula is C18H24ClN9. The molecule has 6 N–H and O–H groups in total. The number of nitrogens with zero attached hydrogens (tertiary/aromatic N) is 5. The highest BCUT2D eigenvalue weighted by Gasteiger charge is 2.20. The van der Waals surface area contributed by atoms with Crippen molar-refractivity contribution in [3.05, 3.63) is 28.8 Å². The smallest absolute Gasteiger partial charge is 0.227 e. The number of hydrogen-bond donors (Lipinski definition) is 4. The molecule has 9 nitrogen and oxygen atoms in total. The van der Waals surface area contributed by atoms with Gasteiger partial charge in [0, 0.05) is 25.7 Å². The highest BCUT2D eigenvalue weighted by atomic mass is 35.5. The molecule has 2 aromatic heterocycles. The molecule has 1 saturated carbocycles. The number of nitrogen functional groups attached to an aromatic ring is 1. The Morgan fingerprint density at radius 1 is 1.21 bits per heavy atom. The molecule has 1 fully saturated rings. The number of nitrogens with two attached hydrogens (primary N) is 2. The van der Waals surface area contributed by atoms with E-state index in [2.05, 4.69) is 30.9 Å². The zero-order valence-corrected chi connectivity index (χ0v) is 16.4. The van der Waals surface area contributed by atoms with Gasteiger partial charge in [-0.1, -0.05) is 22.9 Å². The molecule has 0 spiro atoms. The van der Waals surface area contributed by atoms with E-state index in [0.717, 1.165) is 31.2 Å². The molecule has 0 bridgehead atoms. The average Bonchev–Trinajstić information content (AvgIpc) is 3.05. The van der Waals surface area contributed by atoms with Gasteiger partial charge in [0.2, 0.25) is 5.95 Å². The SMILES string of the molecule is Cn1nnc2c(NCc3ccc(Cl)c(N)c3)nc(NC3CCC(N)CC3)nc21. The molecule has 0 atom stereocenters. The van der Waals surface area contributed by atoms with Gasteiger partial charge in [0.15, 0.2) is 17.0 Å². The van der Waals surface area contributed by atoms with Crippen LogP contribution >= 0.6 is 11.6 Å². The minimum atomic E-state index is 0.298. The molecule has 148 valence electrons.